The van der Waals surface area contributed by atoms with E-state index in [1.165, 1.54) is 0 Å². The van der Waals surface area contributed by atoms with Gasteiger partial charge in [-0.1, -0.05) is 37.3 Å². The molecule has 0 saturated heterocycles. The molecule has 0 aliphatic carbocycles. The second kappa shape index (κ2) is 8.01. The van der Waals surface area contributed by atoms with E-state index in [2.05, 4.69) is 20.9 Å². The minimum absolute atomic E-state index is 0.0838. The highest BCUT2D eigenvalue weighted by molar-refractivity contribution is 9.10. The number of halogens is 1. The number of amides is 1. The van der Waals surface area contributed by atoms with Gasteiger partial charge in [0.15, 0.2) is 5.65 Å². The average molecular weight is 416 g/mol. The molecule has 3 rings (SSSR count). The summed E-state index contributed by atoms with van der Waals surface area (Å²) in [5.41, 5.74) is 4.13. The Balaban J connectivity index is 2.06. The zero-order valence-electron chi connectivity index (χ0n) is 14.9. The Bertz CT molecular complexity index is 922. The number of carbonyl (C=O) groups is 1. The number of fused-ring (bicyclic) bond motifs is 1. The summed E-state index contributed by atoms with van der Waals surface area (Å²) >= 11 is 3.55. The Morgan fingerprint density at radius 1 is 1.31 bits per heavy atom. The summed E-state index contributed by atoms with van der Waals surface area (Å²) in [6.45, 7) is 4.62. The number of imidazole rings is 1. The van der Waals surface area contributed by atoms with Gasteiger partial charge in [-0.3, -0.25) is 9.20 Å². The van der Waals surface area contributed by atoms with Crippen LogP contribution in [0, 0.1) is 6.92 Å². The molecule has 1 N–H and O–H groups in total. The second-order valence-electron chi connectivity index (χ2n) is 6.26. The molecule has 0 unspecified atom stereocenters. The van der Waals surface area contributed by atoms with Crippen molar-refractivity contribution >= 4 is 27.5 Å². The zero-order chi connectivity index (χ0) is 18.7. The van der Waals surface area contributed by atoms with Gasteiger partial charge < -0.3 is 10.0 Å². The summed E-state index contributed by atoms with van der Waals surface area (Å²) in [6.07, 6.45) is 2.59. The predicted molar refractivity (Wildman–Crippen MR) is 105 cm³/mol. The number of aromatic nitrogens is 2. The van der Waals surface area contributed by atoms with Crippen molar-refractivity contribution in [2.45, 2.75) is 26.8 Å². The number of carbonyl (C=O) groups excluding carboxylic acids is 1. The zero-order valence-corrected chi connectivity index (χ0v) is 16.5. The number of hydrogen-bond acceptors (Lipinski definition) is 3. The average Bonchev–Trinajstić information content (AvgIpc) is 3.00. The van der Waals surface area contributed by atoms with Gasteiger partial charge in [-0.25, -0.2) is 4.98 Å². The molecule has 0 aliphatic rings. The number of rotatable bonds is 6. The normalized spacial score (nSPS) is 11.1. The van der Waals surface area contributed by atoms with Crippen LogP contribution in [0.3, 0.4) is 0 Å². The van der Waals surface area contributed by atoms with E-state index in [0.29, 0.717) is 18.7 Å². The van der Waals surface area contributed by atoms with Crippen LogP contribution in [0.25, 0.3) is 5.65 Å². The molecule has 0 fully saturated rings. The van der Waals surface area contributed by atoms with Gasteiger partial charge >= 0.3 is 0 Å². The lowest BCUT2D eigenvalue weighted by atomic mass is 10.2. The van der Waals surface area contributed by atoms with Crippen molar-refractivity contribution in [1.29, 1.82) is 0 Å². The van der Waals surface area contributed by atoms with Gasteiger partial charge in [0, 0.05) is 19.3 Å². The molecule has 0 atom stereocenters. The van der Waals surface area contributed by atoms with E-state index < -0.39 is 0 Å². The third-order valence-electron chi connectivity index (χ3n) is 4.29. The Kier molecular flexibility index (Phi) is 5.74. The molecule has 136 valence electrons. The SMILES string of the molecule is CCc1nc2c(Br)cc(C)cn2c1C(=O)N(CCO)Cc1ccccc1. The van der Waals surface area contributed by atoms with E-state index in [1.807, 2.05) is 60.8 Å². The minimum atomic E-state index is -0.121. The summed E-state index contributed by atoms with van der Waals surface area (Å²) in [6, 6.07) is 11.8. The van der Waals surface area contributed by atoms with E-state index in [0.717, 1.165) is 26.9 Å². The van der Waals surface area contributed by atoms with Gasteiger partial charge in [-0.05, 0) is 46.5 Å². The van der Waals surface area contributed by atoms with Gasteiger partial charge in [0.2, 0.25) is 0 Å². The predicted octanol–water partition coefficient (Wildman–Crippen LogP) is 3.60. The van der Waals surface area contributed by atoms with Crippen LogP contribution in [0.4, 0.5) is 0 Å². The molecule has 26 heavy (non-hydrogen) atoms. The van der Waals surface area contributed by atoms with Crippen LogP contribution in [0.15, 0.2) is 47.1 Å². The molecule has 0 bridgehead atoms. The summed E-state index contributed by atoms with van der Waals surface area (Å²) in [7, 11) is 0. The maximum Gasteiger partial charge on any atom is 0.273 e. The molecule has 0 spiro atoms. The molecule has 1 aromatic carbocycles. The molecule has 2 heterocycles. The quantitative estimate of drug-likeness (QED) is 0.668. The molecular formula is C20H22BrN3O2. The van der Waals surface area contributed by atoms with Gasteiger partial charge in [0.25, 0.3) is 5.91 Å². The van der Waals surface area contributed by atoms with E-state index in [9.17, 15) is 9.90 Å². The van der Waals surface area contributed by atoms with Gasteiger partial charge in [0.1, 0.15) is 5.69 Å². The van der Waals surface area contributed by atoms with Gasteiger partial charge in [0.05, 0.1) is 16.8 Å². The lowest BCUT2D eigenvalue weighted by molar-refractivity contribution is 0.0699. The molecular weight excluding hydrogens is 394 g/mol. The van der Waals surface area contributed by atoms with Gasteiger partial charge in [-0.15, -0.1) is 0 Å². The lowest BCUT2D eigenvalue weighted by Gasteiger charge is -2.22. The topological polar surface area (TPSA) is 57.8 Å². The number of aryl methyl sites for hydroxylation is 2. The standard InChI is InChI=1S/C20H22BrN3O2/c1-3-17-18(24-12-14(2)11-16(21)19(24)22-17)20(26)23(9-10-25)13-15-7-5-4-6-8-15/h4-8,11-12,25H,3,9-10,13H2,1-2H3. The maximum absolute atomic E-state index is 13.4. The smallest absolute Gasteiger partial charge is 0.273 e. The van der Waals surface area contributed by atoms with E-state index in [-0.39, 0.29) is 19.1 Å². The Hall–Kier alpha value is -2.18. The minimum Gasteiger partial charge on any atom is -0.395 e. The first-order valence-corrected chi connectivity index (χ1v) is 9.45. The van der Waals surface area contributed by atoms with E-state index in [1.54, 1.807) is 4.90 Å². The number of pyridine rings is 1. The fourth-order valence-electron chi connectivity index (χ4n) is 3.08. The third-order valence-corrected chi connectivity index (χ3v) is 4.88. The van der Waals surface area contributed by atoms with Crippen molar-refractivity contribution in [2.24, 2.45) is 0 Å². The largest absolute Gasteiger partial charge is 0.395 e. The Morgan fingerprint density at radius 2 is 2.04 bits per heavy atom. The first-order valence-electron chi connectivity index (χ1n) is 8.66. The fraction of sp³-hybridized carbons (Fsp3) is 0.300. The fourth-order valence-corrected chi connectivity index (χ4v) is 3.72. The van der Waals surface area contributed by atoms with E-state index >= 15 is 0 Å². The van der Waals surface area contributed by atoms with Crippen molar-refractivity contribution in [3.05, 3.63) is 69.6 Å². The van der Waals surface area contributed by atoms with Crippen LogP contribution in [-0.4, -0.2) is 38.4 Å². The van der Waals surface area contributed by atoms with Gasteiger partial charge in [-0.2, -0.15) is 0 Å². The molecule has 0 saturated carbocycles. The maximum atomic E-state index is 13.4. The van der Waals surface area contributed by atoms with Crippen LogP contribution >= 0.6 is 15.9 Å². The highest BCUT2D eigenvalue weighted by Gasteiger charge is 2.24. The van der Waals surface area contributed by atoms with Crippen molar-refractivity contribution in [1.82, 2.24) is 14.3 Å². The van der Waals surface area contributed by atoms with Crippen LogP contribution in [0.2, 0.25) is 0 Å². The van der Waals surface area contributed by atoms with E-state index in [4.69, 9.17) is 0 Å². The summed E-state index contributed by atoms with van der Waals surface area (Å²) in [5.74, 6) is -0.121. The first-order chi connectivity index (χ1) is 12.5. The second-order valence-corrected chi connectivity index (χ2v) is 7.11. The Labute approximate surface area is 161 Å². The molecule has 0 radical (unpaired) electrons. The summed E-state index contributed by atoms with van der Waals surface area (Å²) in [5, 5.41) is 9.47. The summed E-state index contributed by atoms with van der Waals surface area (Å²) < 4.78 is 2.72. The number of hydrogen-bond donors (Lipinski definition) is 1. The molecule has 5 nitrogen and oxygen atoms in total. The molecule has 1 amide bonds. The number of benzene rings is 1. The molecule has 3 aromatic rings. The highest BCUT2D eigenvalue weighted by atomic mass is 79.9. The monoisotopic (exact) mass is 415 g/mol. The molecule has 6 heteroatoms. The van der Waals surface area contributed by atoms with Crippen molar-refractivity contribution < 1.29 is 9.90 Å². The van der Waals surface area contributed by atoms with Crippen LogP contribution in [0.1, 0.15) is 34.2 Å². The van der Waals surface area contributed by atoms with Crippen molar-refractivity contribution in [2.75, 3.05) is 13.2 Å². The van der Waals surface area contributed by atoms with Crippen molar-refractivity contribution in [3.8, 4) is 0 Å². The van der Waals surface area contributed by atoms with Crippen LogP contribution in [-0.2, 0) is 13.0 Å². The number of aliphatic hydroxyl groups excluding tert-OH is 1. The lowest BCUT2D eigenvalue weighted by Crippen LogP contribution is -2.34. The third kappa shape index (κ3) is 3.66. The molecule has 0 aliphatic heterocycles. The van der Waals surface area contributed by atoms with Crippen molar-refractivity contribution in [3.63, 3.8) is 0 Å². The number of aliphatic hydroxyl groups is 1. The Morgan fingerprint density at radius 3 is 2.69 bits per heavy atom. The summed E-state index contributed by atoms with van der Waals surface area (Å²) in [4.78, 5) is 19.7. The molecule has 2 aromatic heterocycles. The first kappa shape index (κ1) is 18.6. The van der Waals surface area contributed by atoms with Crippen LogP contribution in [0.5, 0.6) is 0 Å². The van der Waals surface area contributed by atoms with Crippen LogP contribution < -0.4 is 0 Å². The highest BCUT2D eigenvalue weighted by Crippen LogP contribution is 2.24. The number of nitrogens with zero attached hydrogens (tertiary/aromatic N) is 3.